The Balaban J connectivity index is 1.57. The quantitative estimate of drug-likeness (QED) is 0.772. The van der Waals surface area contributed by atoms with Crippen molar-refractivity contribution in [1.29, 1.82) is 0 Å². The van der Waals surface area contributed by atoms with E-state index in [9.17, 15) is 9.59 Å². The van der Waals surface area contributed by atoms with Crippen molar-refractivity contribution in [3.05, 3.63) is 59.5 Å². The van der Waals surface area contributed by atoms with Crippen LogP contribution in [-0.2, 0) is 4.79 Å². The maximum absolute atomic E-state index is 12.2. The Bertz CT molecular complexity index is 985. The van der Waals surface area contributed by atoms with Crippen molar-refractivity contribution in [2.75, 3.05) is 23.9 Å². The molecule has 130 valence electrons. The summed E-state index contributed by atoms with van der Waals surface area (Å²) in [6.45, 7) is 0.0508. The average molecular weight is 365 g/mol. The van der Waals surface area contributed by atoms with Crippen LogP contribution in [0.15, 0.2) is 53.9 Å². The van der Waals surface area contributed by atoms with E-state index in [0.717, 1.165) is 11.3 Å². The molecule has 0 atom stereocenters. The van der Waals surface area contributed by atoms with E-state index in [-0.39, 0.29) is 18.4 Å². The van der Waals surface area contributed by atoms with Gasteiger partial charge in [0.05, 0.1) is 11.4 Å². The smallest absolute Gasteiger partial charge is 0.264 e. The summed E-state index contributed by atoms with van der Waals surface area (Å²) in [7, 11) is 1.72. The van der Waals surface area contributed by atoms with Crippen molar-refractivity contribution in [3.8, 4) is 17.0 Å². The molecule has 1 aliphatic rings. The molecule has 1 N–H and O–H groups in total. The van der Waals surface area contributed by atoms with Crippen molar-refractivity contribution in [1.82, 2.24) is 4.98 Å². The first-order valence-corrected chi connectivity index (χ1v) is 8.85. The lowest BCUT2D eigenvalue weighted by Crippen LogP contribution is -2.35. The molecule has 0 unspecified atom stereocenters. The molecule has 0 saturated carbocycles. The fraction of sp³-hybridized carbons (Fsp3) is 0.105. The number of thiazole rings is 1. The van der Waals surface area contributed by atoms with Gasteiger partial charge in [-0.2, -0.15) is 0 Å². The fourth-order valence-electron chi connectivity index (χ4n) is 2.65. The van der Waals surface area contributed by atoms with E-state index in [4.69, 9.17) is 4.74 Å². The molecule has 7 heteroatoms. The van der Waals surface area contributed by atoms with Crippen LogP contribution in [0, 0.1) is 0 Å². The van der Waals surface area contributed by atoms with Gasteiger partial charge in [0.2, 0.25) is 0 Å². The third kappa shape index (κ3) is 3.04. The highest BCUT2D eigenvalue weighted by molar-refractivity contribution is 7.14. The number of likely N-dealkylation sites (N-methyl/N-ethyl adjacent to an activating group) is 1. The molecule has 1 aromatic heterocycles. The minimum absolute atomic E-state index is 0.0508. The Labute approximate surface area is 154 Å². The van der Waals surface area contributed by atoms with E-state index in [2.05, 4.69) is 10.3 Å². The number of benzene rings is 2. The number of hydrogen-bond donors (Lipinski definition) is 1. The van der Waals surface area contributed by atoms with Crippen LogP contribution in [0.25, 0.3) is 11.3 Å². The number of anilines is 2. The molecule has 0 saturated heterocycles. The molecule has 2 heterocycles. The molecule has 1 aliphatic heterocycles. The number of ether oxygens (including phenoxy) is 1. The maximum Gasteiger partial charge on any atom is 0.264 e. The second kappa shape index (κ2) is 6.61. The Kier molecular flexibility index (Phi) is 4.14. The normalized spacial score (nSPS) is 13.1. The number of rotatable bonds is 3. The molecule has 0 radical (unpaired) electrons. The third-order valence-corrected chi connectivity index (χ3v) is 4.86. The van der Waals surface area contributed by atoms with Gasteiger partial charge in [0.25, 0.3) is 11.8 Å². The molecule has 3 aromatic rings. The molecule has 2 aromatic carbocycles. The summed E-state index contributed by atoms with van der Waals surface area (Å²) >= 11 is 1.35. The summed E-state index contributed by atoms with van der Waals surface area (Å²) in [5, 5.41) is 5.20. The first kappa shape index (κ1) is 16.3. The van der Waals surface area contributed by atoms with Crippen molar-refractivity contribution in [3.63, 3.8) is 0 Å². The molecule has 0 fully saturated rings. The second-order valence-corrected chi connectivity index (χ2v) is 6.64. The number of carbonyl (C=O) groups is 2. The van der Waals surface area contributed by atoms with Gasteiger partial charge in [-0.1, -0.05) is 18.2 Å². The van der Waals surface area contributed by atoms with Gasteiger partial charge in [-0.05, 0) is 30.3 Å². The van der Waals surface area contributed by atoms with Crippen molar-refractivity contribution in [2.45, 2.75) is 0 Å². The molecule has 0 spiro atoms. The predicted molar refractivity (Wildman–Crippen MR) is 101 cm³/mol. The Hall–Kier alpha value is -3.19. The lowest BCUT2D eigenvalue weighted by atomic mass is 10.1. The second-order valence-electron chi connectivity index (χ2n) is 5.78. The molecule has 26 heavy (non-hydrogen) atoms. The standard InChI is InChI=1S/C19H15N3O3S/c1-22-15-9-13(7-8-16(15)25-10-17(22)23)14-11-26-19(20-14)21-18(24)12-5-3-2-4-6-12/h2-9,11H,10H2,1H3,(H,20,21,24). The lowest BCUT2D eigenvalue weighted by Gasteiger charge is -2.26. The number of carbonyl (C=O) groups excluding carboxylic acids is 2. The van der Waals surface area contributed by atoms with E-state index >= 15 is 0 Å². The van der Waals surface area contributed by atoms with Gasteiger partial charge < -0.3 is 9.64 Å². The minimum Gasteiger partial charge on any atom is -0.482 e. The predicted octanol–water partition coefficient (Wildman–Crippen LogP) is 3.42. The molecule has 0 bridgehead atoms. The highest BCUT2D eigenvalue weighted by Crippen LogP contribution is 2.36. The van der Waals surface area contributed by atoms with Crippen LogP contribution in [-0.4, -0.2) is 30.5 Å². The highest BCUT2D eigenvalue weighted by Gasteiger charge is 2.23. The number of hydrogen-bond acceptors (Lipinski definition) is 5. The van der Waals surface area contributed by atoms with Crippen LogP contribution >= 0.6 is 11.3 Å². The average Bonchev–Trinajstić information content (AvgIpc) is 3.14. The number of nitrogens with one attached hydrogen (secondary N) is 1. The van der Waals surface area contributed by atoms with Gasteiger partial charge in [0.1, 0.15) is 5.75 Å². The van der Waals surface area contributed by atoms with Crippen LogP contribution < -0.4 is 15.0 Å². The summed E-state index contributed by atoms with van der Waals surface area (Å²) in [6.07, 6.45) is 0. The van der Waals surface area contributed by atoms with Crippen LogP contribution in [0.3, 0.4) is 0 Å². The molecule has 0 aliphatic carbocycles. The number of fused-ring (bicyclic) bond motifs is 1. The Morgan fingerprint density at radius 1 is 1.23 bits per heavy atom. The summed E-state index contributed by atoms with van der Waals surface area (Å²) in [5.41, 5.74) is 2.87. The molecular weight excluding hydrogens is 350 g/mol. The number of aromatic nitrogens is 1. The fourth-order valence-corrected chi connectivity index (χ4v) is 3.37. The van der Waals surface area contributed by atoms with Crippen molar-refractivity contribution >= 4 is 34.0 Å². The first-order valence-electron chi connectivity index (χ1n) is 7.97. The number of nitrogens with zero attached hydrogens (tertiary/aromatic N) is 2. The van der Waals surface area contributed by atoms with Crippen molar-refractivity contribution < 1.29 is 14.3 Å². The number of amides is 2. The van der Waals surface area contributed by atoms with E-state index in [1.54, 1.807) is 24.1 Å². The minimum atomic E-state index is -0.198. The van der Waals surface area contributed by atoms with Crippen LogP contribution in [0.1, 0.15) is 10.4 Å². The molecular formula is C19H15N3O3S. The molecule has 4 rings (SSSR count). The zero-order valence-electron chi connectivity index (χ0n) is 13.9. The van der Waals surface area contributed by atoms with E-state index in [0.29, 0.717) is 22.1 Å². The van der Waals surface area contributed by atoms with Gasteiger partial charge in [0, 0.05) is 23.6 Å². The van der Waals surface area contributed by atoms with Gasteiger partial charge in [-0.25, -0.2) is 4.98 Å². The van der Waals surface area contributed by atoms with Gasteiger partial charge in [-0.3, -0.25) is 14.9 Å². The van der Waals surface area contributed by atoms with E-state index in [1.165, 1.54) is 11.3 Å². The Morgan fingerprint density at radius 2 is 2.04 bits per heavy atom. The zero-order chi connectivity index (χ0) is 18.1. The van der Waals surface area contributed by atoms with E-state index in [1.807, 2.05) is 41.8 Å². The van der Waals surface area contributed by atoms with Gasteiger partial charge >= 0.3 is 0 Å². The summed E-state index contributed by atoms with van der Waals surface area (Å²) in [5.74, 6) is 0.378. The van der Waals surface area contributed by atoms with Gasteiger partial charge in [0.15, 0.2) is 11.7 Å². The summed E-state index contributed by atoms with van der Waals surface area (Å²) in [4.78, 5) is 30.1. The SMILES string of the molecule is CN1C(=O)COc2ccc(-c3csc(NC(=O)c4ccccc4)n3)cc21. The monoisotopic (exact) mass is 365 g/mol. The Morgan fingerprint density at radius 3 is 2.85 bits per heavy atom. The van der Waals surface area contributed by atoms with E-state index < -0.39 is 0 Å². The van der Waals surface area contributed by atoms with Crippen LogP contribution in [0.4, 0.5) is 10.8 Å². The van der Waals surface area contributed by atoms with Crippen molar-refractivity contribution in [2.24, 2.45) is 0 Å². The van der Waals surface area contributed by atoms with Crippen LogP contribution in [0.2, 0.25) is 0 Å². The molecule has 2 amide bonds. The largest absolute Gasteiger partial charge is 0.482 e. The third-order valence-electron chi connectivity index (χ3n) is 4.10. The lowest BCUT2D eigenvalue weighted by molar-refractivity contribution is -0.120. The topological polar surface area (TPSA) is 71.5 Å². The molecule has 6 nitrogen and oxygen atoms in total. The van der Waals surface area contributed by atoms with Crippen LogP contribution in [0.5, 0.6) is 5.75 Å². The van der Waals surface area contributed by atoms with Gasteiger partial charge in [-0.15, -0.1) is 11.3 Å². The zero-order valence-corrected chi connectivity index (χ0v) is 14.7. The highest BCUT2D eigenvalue weighted by atomic mass is 32.1. The maximum atomic E-state index is 12.2. The summed E-state index contributed by atoms with van der Waals surface area (Å²) < 4.78 is 5.44. The summed E-state index contributed by atoms with van der Waals surface area (Å²) in [6, 6.07) is 14.6. The first-order chi connectivity index (χ1) is 12.6.